The van der Waals surface area contributed by atoms with Crippen LogP contribution in [0.3, 0.4) is 0 Å². The molecule has 0 heterocycles. The van der Waals surface area contributed by atoms with Gasteiger partial charge in [0.2, 0.25) is 5.91 Å². The zero-order valence-corrected chi connectivity index (χ0v) is 13.7. The van der Waals surface area contributed by atoms with Gasteiger partial charge < -0.3 is 10.6 Å². The van der Waals surface area contributed by atoms with Crippen LogP contribution >= 0.6 is 0 Å². The lowest BCUT2D eigenvalue weighted by molar-refractivity contribution is -0.120. The molecule has 0 aromatic heterocycles. The van der Waals surface area contributed by atoms with E-state index < -0.39 is 0 Å². The number of carbonyl (C=O) groups excluding carboxylic acids is 1. The summed E-state index contributed by atoms with van der Waals surface area (Å²) in [6, 6.07) is 8.84. The van der Waals surface area contributed by atoms with Gasteiger partial charge in [0.15, 0.2) is 0 Å². The van der Waals surface area contributed by atoms with Gasteiger partial charge in [0.25, 0.3) is 0 Å². The molecule has 1 aromatic rings. The van der Waals surface area contributed by atoms with Crippen LogP contribution < -0.4 is 10.6 Å². The molecule has 3 nitrogen and oxygen atoms in total. The molecular formula is C18H28N2O. The highest BCUT2D eigenvalue weighted by Gasteiger charge is 2.35. The Labute approximate surface area is 128 Å². The van der Waals surface area contributed by atoms with Crippen LogP contribution in [0.15, 0.2) is 24.3 Å². The van der Waals surface area contributed by atoms with Gasteiger partial charge in [0.05, 0.1) is 6.54 Å². The second-order valence-corrected chi connectivity index (χ2v) is 7.20. The van der Waals surface area contributed by atoms with Gasteiger partial charge >= 0.3 is 0 Å². The molecule has 0 spiro atoms. The van der Waals surface area contributed by atoms with Crippen LogP contribution in [0, 0.1) is 11.3 Å². The summed E-state index contributed by atoms with van der Waals surface area (Å²) in [4.78, 5) is 11.9. The SMILES string of the molecule is CC(C)CNC(=O)CNC1c2ccccc2CCC1(C)C. The molecule has 116 valence electrons. The third-order valence-corrected chi connectivity index (χ3v) is 4.36. The molecule has 2 N–H and O–H groups in total. The van der Waals surface area contributed by atoms with Crippen molar-refractivity contribution in [2.45, 2.75) is 46.6 Å². The van der Waals surface area contributed by atoms with Gasteiger partial charge in [0.1, 0.15) is 0 Å². The molecule has 1 atom stereocenters. The maximum Gasteiger partial charge on any atom is 0.233 e. The minimum absolute atomic E-state index is 0.0857. The van der Waals surface area contributed by atoms with Gasteiger partial charge in [-0.3, -0.25) is 4.79 Å². The van der Waals surface area contributed by atoms with Gasteiger partial charge in [-0.05, 0) is 35.3 Å². The Balaban J connectivity index is 2.02. The molecule has 0 radical (unpaired) electrons. The number of amides is 1. The highest BCUT2D eigenvalue weighted by Crippen LogP contribution is 2.43. The van der Waals surface area contributed by atoms with Crippen molar-refractivity contribution in [2.75, 3.05) is 13.1 Å². The molecule has 0 fully saturated rings. The Hall–Kier alpha value is -1.35. The normalized spacial score (nSPS) is 20.1. The number of benzene rings is 1. The lowest BCUT2D eigenvalue weighted by Crippen LogP contribution is -2.43. The molecule has 0 bridgehead atoms. The maximum atomic E-state index is 11.9. The number of rotatable bonds is 5. The van der Waals surface area contributed by atoms with Gasteiger partial charge in [-0.25, -0.2) is 0 Å². The Morgan fingerprint density at radius 2 is 2.05 bits per heavy atom. The summed E-state index contributed by atoms with van der Waals surface area (Å²) in [6.45, 7) is 9.90. The van der Waals surface area contributed by atoms with Gasteiger partial charge in [-0.1, -0.05) is 52.0 Å². The smallest absolute Gasteiger partial charge is 0.233 e. The van der Waals surface area contributed by atoms with E-state index >= 15 is 0 Å². The molecule has 1 unspecified atom stereocenters. The summed E-state index contributed by atoms with van der Waals surface area (Å²) in [5.41, 5.74) is 2.94. The minimum atomic E-state index is 0.0857. The molecular weight excluding hydrogens is 260 g/mol. The van der Waals surface area contributed by atoms with Crippen molar-refractivity contribution in [1.29, 1.82) is 0 Å². The summed E-state index contributed by atoms with van der Waals surface area (Å²) in [5.74, 6) is 0.573. The van der Waals surface area contributed by atoms with E-state index in [4.69, 9.17) is 0 Å². The molecule has 0 saturated heterocycles. The van der Waals surface area contributed by atoms with Crippen molar-refractivity contribution < 1.29 is 4.79 Å². The van der Waals surface area contributed by atoms with E-state index in [0.29, 0.717) is 12.5 Å². The van der Waals surface area contributed by atoms with E-state index in [1.54, 1.807) is 0 Å². The van der Waals surface area contributed by atoms with Crippen LogP contribution in [0.1, 0.15) is 51.3 Å². The van der Waals surface area contributed by atoms with Gasteiger partial charge in [-0.15, -0.1) is 0 Å². The first kappa shape index (κ1) is 16.0. The summed E-state index contributed by atoms with van der Waals surface area (Å²) >= 11 is 0. The molecule has 21 heavy (non-hydrogen) atoms. The number of hydrogen-bond acceptors (Lipinski definition) is 2. The zero-order chi connectivity index (χ0) is 15.5. The average molecular weight is 288 g/mol. The first-order chi connectivity index (χ1) is 9.90. The van der Waals surface area contributed by atoms with E-state index in [9.17, 15) is 4.79 Å². The topological polar surface area (TPSA) is 41.1 Å². The van der Waals surface area contributed by atoms with Crippen molar-refractivity contribution in [1.82, 2.24) is 10.6 Å². The minimum Gasteiger partial charge on any atom is -0.355 e. The Kier molecular flexibility index (Phi) is 5.04. The molecule has 1 aromatic carbocycles. The number of nitrogens with one attached hydrogen (secondary N) is 2. The van der Waals surface area contributed by atoms with Crippen molar-refractivity contribution in [3.05, 3.63) is 35.4 Å². The standard InChI is InChI=1S/C18H28N2O/c1-13(2)11-19-16(21)12-20-17-15-8-6-5-7-14(15)9-10-18(17,3)4/h5-8,13,17,20H,9-12H2,1-4H3,(H,19,21). The molecule has 1 aliphatic rings. The van der Waals surface area contributed by atoms with Crippen LogP contribution in [0.25, 0.3) is 0 Å². The lowest BCUT2D eigenvalue weighted by atomic mass is 9.70. The van der Waals surface area contributed by atoms with Crippen molar-refractivity contribution in [2.24, 2.45) is 11.3 Å². The summed E-state index contributed by atoms with van der Waals surface area (Å²) in [5, 5.41) is 6.45. The summed E-state index contributed by atoms with van der Waals surface area (Å²) in [7, 11) is 0. The lowest BCUT2D eigenvalue weighted by Gasteiger charge is -2.40. The van der Waals surface area contributed by atoms with Gasteiger partial charge in [-0.2, -0.15) is 0 Å². The predicted molar refractivity (Wildman–Crippen MR) is 87.1 cm³/mol. The number of hydrogen-bond donors (Lipinski definition) is 2. The fraction of sp³-hybridized carbons (Fsp3) is 0.611. The van der Waals surface area contributed by atoms with Crippen molar-refractivity contribution in [3.8, 4) is 0 Å². The van der Waals surface area contributed by atoms with Crippen LogP contribution in [0.5, 0.6) is 0 Å². The third-order valence-electron chi connectivity index (χ3n) is 4.36. The number of fused-ring (bicyclic) bond motifs is 1. The Morgan fingerprint density at radius 1 is 1.33 bits per heavy atom. The van der Waals surface area contributed by atoms with Crippen molar-refractivity contribution >= 4 is 5.91 Å². The fourth-order valence-electron chi connectivity index (χ4n) is 3.03. The van der Waals surface area contributed by atoms with E-state index in [2.05, 4.69) is 62.6 Å². The van der Waals surface area contributed by atoms with E-state index in [1.807, 2.05) is 0 Å². The summed E-state index contributed by atoms with van der Waals surface area (Å²) < 4.78 is 0. The van der Waals surface area contributed by atoms with Crippen LogP contribution in [0.2, 0.25) is 0 Å². The molecule has 2 rings (SSSR count). The Bertz CT molecular complexity index is 494. The first-order valence-electron chi connectivity index (χ1n) is 7.98. The van der Waals surface area contributed by atoms with E-state index in [-0.39, 0.29) is 17.4 Å². The molecule has 1 amide bonds. The first-order valence-corrected chi connectivity index (χ1v) is 7.98. The highest BCUT2D eigenvalue weighted by atomic mass is 16.1. The number of carbonyl (C=O) groups is 1. The second-order valence-electron chi connectivity index (χ2n) is 7.20. The van der Waals surface area contributed by atoms with Crippen LogP contribution in [0.4, 0.5) is 0 Å². The van der Waals surface area contributed by atoms with Gasteiger partial charge in [0, 0.05) is 12.6 Å². The third kappa shape index (κ3) is 4.07. The maximum absolute atomic E-state index is 11.9. The Morgan fingerprint density at radius 3 is 2.76 bits per heavy atom. The predicted octanol–water partition coefficient (Wildman–Crippen LogP) is 3.06. The van der Waals surface area contributed by atoms with E-state index in [1.165, 1.54) is 11.1 Å². The van der Waals surface area contributed by atoms with E-state index in [0.717, 1.165) is 19.4 Å². The average Bonchev–Trinajstić information content (AvgIpc) is 2.43. The van der Waals surface area contributed by atoms with Crippen LogP contribution in [-0.4, -0.2) is 19.0 Å². The second kappa shape index (κ2) is 6.61. The largest absolute Gasteiger partial charge is 0.355 e. The molecule has 3 heteroatoms. The van der Waals surface area contributed by atoms with Crippen LogP contribution in [-0.2, 0) is 11.2 Å². The summed E-state index contributed by atoms with van der Waals surface area (Å²) in [6.07, 6.45) is 2.27. The molecule has 0 aliphatic heterocycles. The van der Waals surface area contributed by atoms with Crippen molar-refractivity contribution in [3.63, 3.8) is 0 Å². The molecule has 0 saturated carbocycles. The highest BCUT2D eigenvalue weighted by molar-refractivity contribution is 5.78. The molecule has 1 aliphatic carbocycles. The number of aryl methyl sites for hydroxylation is 1. The zero-order valence-electron chi connectivity index (χ0n) is 13.7. The quantitative estimate of drug-likeness (QED) is 0.874. The fourth-order valence-corrected chi connectivity index (χ4v) is 3.03. The monoisotopic (exact) mass is 288 g/mol.